The van der Waals surface area contributed by atoms with Crippen LogP contribution in [-0.2, 0) is 0 Å². The van der Waals surface area contributed by atoms with Gasteiger partial charge in [0.25, 0.3) is 5.69 Å². The van der Waals surface area contributed by atoms with Gasteiger partial charge < -0.3 is 0 Å². The van der Waals surface area contributed by atoms with Crippen molar-refractivity contribution in [3.05, 3.63) is 65.0 Å². The van der Waals surface area contributed by atoms with E-state index in [2.05, 4.69) is 0 Å². The fourth-order valence-corrected chi connectivity index (χ4v) is 1.32. The summed E-state index contributed by atoms with van der Waals surface area (Å²) in [6.07, 6.45) is 3.78. The smallest absolute Gasteiger partial charge is 0.258 e. The third kappa shape index (κ3) is 1.99. The molecule has 15 heavy (non-hydrogen) atoms. The van der Waals surface area contributed by atoms with Gasteiger partial charge in [0, 0.05) is 36.4 Å². The van der Waals surface area contributed by atoms with Crippen LogP contribution >= 0.6 is 0 Å². The molecule has 0 spiro atoms. The summed E-state index contributed by atoms with van der Waals surface area (Å²) < 4.78 is 1.89. The van der Waals surface area contributed by atoms with Crippen molar-refractivity contribution in [2.75, 3.05) is 0 Å². The first-order valence-electron chi connectivity index (χ1n) is 4.48. The molecule has 0 N–H and O–H groups in total. The van der Waals surface area contributed by atoms with E-state index in [1.165, 1.54) is 12.1 Å². The van der Waals surface area contributed by atoms with Crippen molar-refractivity contribution in [1.82, 2.24) is 0 Å². The highest BCUT2D eigenvalue weighted by Gasteiger charge is 2.08. The molecule has 0 amide bonds. The Kier molecular flexibility index (Phi) is 2.41. The molecule has 2 aromatic rings. The molecule has 4 nitrogen and oxygen atoms in total. The lowest BCUT2D eigenvalue weighted by atomic mass is 10.3. The van der Waals surface area contributed by atoms with E-state index in [1.54, 1.807) is 12.1 Å². The first kappa shape index (κ1) is 9.33. The second kappa shape index (κ2) is 3.88. The van der Waals surface area contributed by atoms with Crippen LogP contribution in [0.5, 0.6) is 0 Å². The summed E-state index contributed by atoms with van der Waals surface area (Å²) in [5, 5.41) is 10.4. The van der Waals surface area contributed by atoms with Gasteiger partial charge in [-0.2, -0.15) is 4.57 Å². The van der Waals surface area contributed by atoms with Crippen molar-refractivity contribution < 1.29 is 9.49 Å². The third-order valence-electron chi connectivity index (χ3n) is 2.07. The fraction of sp³-hybridized carbons (Fsp3) is 0. The average Bonchev–Trinajstić information content (AvgIpc) is 2.30. The Bertz CT molecular complexity index is 466. The maximum Gasteiger partial charge on any atom is 0.269 e. The Balaban J connectivity index is 2.36. The van der Waals surface area contributed by atoms with Crippen LogP contribution in [0.2, 0.25) is 0 Å². The number of hydrogen-bond donors (Lipinski definition) is 0. The lowest BCUT2D eigenvalue weighted by molar-refractivity contribution is -0.595. The number of benzene rings is 1. The highest BCUT2D eigenvalue weighted by atomic mass is 16.6. The average molecular weight is 201 g/mol. The third-order valence-corrected chi connectivity index (χ3v) is 2.07. The SMILES string of the molecule is O=[N+]([O-])c1ccc(-[n+]2ccccc2)cc1. The lowest BCUT2D eigenvalue weighted by Gasteiger charge is -1.94. The number of nitro groups is 1. The number of aromatic nitrogens is 1. The van der Waals surface area contributed by atoms with Gasteiger partial charge in [0.1, 0.15) is 0 Å². The summed E-state index contributed by atoms with van der Waals surface area (Å²) in [7, 11) is 0. The van der Waals surface area contributed by atoms with Crippen LogP contribution in [-0.4, -0.2) is 4.92 Å². The molecule has 74 valence electrons. The monoisotopic (exact) mass is 201 g/mol. The van der Waals surface area contributed by atoms with E-state index in [0.717, 1.165) is 5.69 Å². The largest absolute Gasteiger partial charge is 0.269 e. The van der Waals surface area contributed by atoms with Crippen LogP contribution in [0.25, 0.3) is 5.69 Å². The Labute approximate surface area is 86.6 Å². The molecule has 0 saturated carbocycles. The fourth-order valence-electron chi connectivity index (χ4n) is 1.32. The predicted octanol–water partition coefficient (Wildman–Crippen LogP) is 1.87. The second-order valence-corrected chi connectivity index (χ2v) is 3.06. The Morgan fingerprint density at radius 3 is 2.13 bits per heavy atom. The first-order chi connectivity index (χ1) is 7.27. The maximum absolute atomic E-state index is 10.4. The number of nitro benzene ring substituents is 1. The van der Waals surface area contributed by atoms with Crippen LogP contribution in [0.1, 0.15) is 0 Å². The van der Waals surface area contributed by atoms with Crippen LogP contribution in [0.3, 0.4) is 0 Å². The van der Waals surface area contributed by atoms with Crippen molar-refractivity contribution in [3.63, 3.8) is 0 Å². The van der Waals surface area contributed by atoms with E-state index in [0.29, 0.717) is 0 Å². The maximum atomic E-state index is 10.4. The normalized spacial score (nSPS) is 9.87. The van der Waals surface area contributed by atoms with Crippen LogP contribution in [0.15, 0.2) is 54.9 Å². The number of pyridine rings is 1. The molecular formula is C11H9N2O2+. The molecule has 0 fully saturated rings. The van der Waals surface area contributed by atoms with Crippen LogP contribution in [0, 0.1) is 10.1 Å². The number of nitrogens with zero attached hydrogens (tertiary/aromatic N) is 2. The van der Waals surface area contributed by atoms with Crippen molar-refractivity contribution in [1.29, 1.82) is 0 Å². The molecule has 0 unspecified atom stereocenters. The Hall–Kier alpha value is -2.23. The predicted molar refractivity (Wildman–Crippen MR) is 54.6 cm³/mol. The number of non-ortho nitro benzene ring substituents is 1. The van der Waals surface area contributed by atoms with Gasteiger partial charge in [0.15, 0.2) is 12.4 Å². The molecule has 0 bridgehead atoms. The van der Waals surface area contributed by atoms with Gasteiger partial charge in [-0.1, -0.05) is 6.07 Å². The molecule has 0 aliphatic heterocycles. The molecule has 0 atom stereocenters. The van der Waals surface area contributed by atoms with E-state index in [9.17, 15) is 10.1 Å². The summed E-state index contributed by atoms with van der Waals surface area (Å²) in [6, 6.07) is 12.2. The quantitative estimate of drug-likeness (QED) is 0.423. The van der Waals surface area contributed by atoms with Gasteiger partial charge in [-0.05, 0) is 0 Å². The molecule has 0 radical (unpaired) electrons. The first-order valence-corrected chi connectivity index (χ1v) is 4.48. The minimum atomic E-state index is -0.403. The van der Waals surface area contributed by atoms with Crippen LogP contribution in [0.4, 0.5) is 5.69 Å². The molecule has 1 aromatic heterocycles. The Morgan fingerprint density at radius 1 is 1.00 bits per heavy atom. The van der Waals surface area contributed by atoms with Crippen molar-refractivity contribution in [3.8, 4) is 5.69 Å². The summed E-state index contributed by atoms with van der Waals surface area (Å²) in [5.74, 6) is 0. The Morgan fingerprint density at radius 2 is 1.60 bits per heavy atom. The minimum absolute atomic E-state index is 0.107. The van der Waals surface area contributed by atoms with Gasteiger partial charge in [0.2, 0.25) is 5.69 Å². The van der Waals surface area contributed by atoms with Gasteiger partial charge in [-0.25, -0.2) is 0 Å². The molecule has 2 rings (SSSR count). The lowest BCUT2D eigenvalue weighted by Crippen LogP contribution is -2.28. The number of hydrogen-bond acceptors (Lipinski definition) is 2. The highest BCUT2D eigenvalue weighted by molar-refractivity contribution is 5.36. The van der Waals surface area contributed by atoms with E-state index >= 15 is 0 Å². The zero-order valence-electron chi connectivity index (χ0n) is 7.91. The molecule has 1 heterocycles. The molecular weight excluding hydrogens is 192 g/mol. The zero-order chi connectivity index (χ0) is 10.7. The van der Waals surface area contributed by atoms with Crippen LogP contribution < -0.4 is 4.57 Å². The molecule has 0 saturated heterocycles. The van der Waals surface area contributed by atoms with Gasteiger partial charge in [0.05, 0.1) is 4.92 Å². The zero-order valence-corrected chi connectivity index (χ0v) is 7.91. The van der Waals surface area contributed by atoms with Gasteiger partial charge >= 0.3 is 0 Å². The van der Waals surface area contributed by atoms with Crippen molar-refractivity contribution in [2.24, 2.45) is 0 Å². The van der Waals surface area contributed by atoms with E-state index < -0.39 is 4.92 Å². The van der Waals surface area contributed by atoms with E-state index in [-0.39, 0.29) is 5.69 Å². The van der Waals surface area contributed by atoms with Crippen molar-refractivity contribution >= 4 is 5.69 Å². The van der Waals surface area contributed by atoms with E-state index in [4.69, 9.17) is 0 Å². The molecule has 0 aliphatic carbocycles. The second-order valence-electron chi connectivity index (χ2n) is 3.06. The van der Waals surface area contributed by atoms with Gasteiger partial charge in [-0.3, -0.25) is 10.1 Å². The summed E-state index contributed by atoms with van der Waals surface area (Å²) in [4.78, 5) is 10.0. The standard InChI is InChI=1S/C11H9N2O2/c14-13(15)11-6-4-10(5-7-11)12-8-2-1-3-9-12/h1-9H/q+1. The summed E-state index contributed by atoms with van der Waals surface area (Å²) in [6.45, 7) is 0. The van der Waals surface area contributed by atoms with Gasteiger partial charge in [-0.15, -0.1) is 0 Å². The van der Waals surface area contributed by atoms with Crippen molar-refractivity contribution in [2.45, 2.75) is 0 Å². The topological polar surface area (TPSA) is 47.0 Å². The summed E-state index contributed by atoms with van der Waals surface area (Å²) in [5.41, 5.74) is 1.01. The molecule has 4 heteroatoms. The molecule has 1 aromatic carbocycles. The molecule has 0 aliphatic rings. The highest BCUT2D eigenvalue weighted by Crippen LogP contribution is 2.11. The number of rotatable bonds is 2. The minimum Gasteiger partial charge on any atom is -0.258 e. The summed E-state index contributed by atoms with van der Waals surface area (Å²) >= 11 is 0. The van der Waals surface area contributed by atoms with E-state index in [1.807, 2.05) is 35.2 Å².